The fourth-order valence-electron chi connectivity index (χ4n) is 6.59. The summed E-state index contributed by atoms with van der Waals surface area (Å²) in [5, 5.41) is 23.7. The molecule has 0 radical (unpaired) electrons. The highest BCUT2D eigenvalue weighted by Crippen LogP contribution is 2.36. The lowest BCUT2D eigenvalue weighted by Gasteiger charge is -2.40. The maximum atomic E-state index is 15.3. The van der Waals surface area contributed by atoms with Gasteiger partial charge in [-0.3, -0.25) is 9.80 Å². The van der Waals surface area contributed by atoms with Crippen molar-refractivity contribution in [1.29, 1.82) is 0 Å². The van der Waals surface area contributed by atoms with E-state index >= 15 is 8.78 Å². The highest BCUT2D eigenvalue weighted by Gasteiger charge is 2.33. The van der Waals surface area contributed by atoms with Crippen LogP contribution in [0.3, 0.4) is 0 Å². The van der Waals surface area contributed by atoms with Crippen LogP contribution in [-0.2, 0) is 13.0 Å². The maximum absolute atomic E-state index is 15.3. The monoisotopic (exact) mass is 634 g/mol. The molecule has 4 heterocycles. The van der Waals surface area contributed by atoms with E-state index in [-0.39, 0.29) is 29.7 Å². The molecule has 0 bridgehead atoms. The summed E-state index contributed by atoms with van der Waals surface area (Å²) in [6, 6.07) is 6.89. The maximum Gasteiger partial charge on any atom is 0.407 e. The largest absolute Gasteiger partial charge is 0.465 e. The molecule has 3 N–H and O–H groups in total. The fraction of sp³-hybridized carbons (Fsp3) is 0.485. The predicted molar refractivity (Wildman–Crippen MR) is 170 cm³/mol. The van der Waals surface area contributed by atoms with Gasteiger partial charge in [0.15, 0.2) is 11.6 Å². The van der Waals surface area contributed by atoms with E-state index < -0.39 is 29.5 Å². The van der Waals surface area contributed by atoms with Gasteiger partial charge in [-0.25, -0.2) is 33.5 Å². The highest BCUT2D eigenvalue weighted by atomic mass is 19.1. The van der Waals surface area contributed by atoms with Crippen LogP contribution in [0.4, 0.5) is 25.3 Å². The Bertz CT molecular complexity index is 1770. The van der Waals surface area contributed by atoms with Crippen molar-refractivity contribution in [2.24, 2.45) is 0 Å². The molecule has 1 fully saturated rings. The lowest BCUT2D eigenvalue weighted by molar-refractivity contribution is -0.0428. The van der Waals surface area contributed by atoms with Gasteiger partial charge in [0.05, 0.1) is 18.3 Å². The number of rotatable bonds is 9. The number of halogens is 2. The third kappa shape index (κ3) is 6.13. The number of β-amino-alcohol motifs (C(OH)–C–C–N with tert-alkyl or cyclic N) is 1. The number of anilines is 2. The molecule has 2 aliphatic rings. The first-order valence-corrected chi connectivity index (χ1v) is 15.8. The van der Waals surface area contributed by atoms with E-state index in [1.807, 2.05) is 38.7 Å². The number of aliphatic hydroxyl groups excluding tert-OH is 1. The molecule has 0 spiro atoms. The van der Waals surface area contributed by atoms with E-state index in [4.69, 9.17) is 4.98 Å². The number of hydrogen-bond donors (Lipinski definition) is 3. The van der Waals surface area contributed by atoms with Crippen LogP contribution in [0.25, 0.3) is 22.3 Å². The minimum absolute atomic E-state index is 0.0256. The summed E-state index contributed by atoms with van der Waals surface area (Å²) in [6.07, 6.45) is 4.41. The number of aromatic nitrogens is 5. The van der Waals surface area contributed by atoms with Crippen LogP contribution in [-0.4, -0.2) is 75.5 Å². The number of carbonyl (C=O) groups is 1. The standard InChI is InChI=1S/C33H40F2N8O3/c1-5-33(3,4)42(32(45)46)18-28(44)41-13-12-25-20(17-41)10-11-27(38-25)39-31-36-16-24(35)29(40-31)21-14-23(34)30-26(15-21)43(19(2)37-30)22-8-6-7-9-22/h10-11,14-16,22,28,44H,5-9,12-13,17-18H2,1-4H3,(H,45,46)(H,36,38,39,40). The van der Waals surface area contributed by atoms with Crippen molar-refractivity contribution in [3.05, 3.63) is 59.2 Å². The molecule has 244 valence electrons. The zero-order valence-corrected chi connectivity index (χ0v) is 26.6. The van der Waals surface area contributed by atoms with Gasteiger partial charge in [0.25, 0.3) is 0 Å². The second-order valence-corrected chi connectivity index (χ2v) is 12.9. The molecule has 46 heavy (non-hydrogen) atoms. The first-order valence-electron chi connectivity index (χ1n) is 15.8. The molecule has 6 rings (SSSR count). The van der Waals surface area contributed by atoms with E-state index in [9.17, 15) is 15.0 Å². The summed E-state index contributed by atoms with van der Waals surface area (Å²) in [7, 11) is 0. The van der Waals surface area contributed by atoms with Gasteiger partial charge >= 0.3 is 6.09 Å². The van der Waals surface area contributed by atoms with Crippen LogP contribution in [0.2, 0.25) is 0 Å². The van der Waals surface area contributed by atoms with Gasteiger partial charge < -0.3 is 20.1 Å². The summed E-state index contributed by atoms with van der Waals surface area (Å²) in [5.74, 6) is 0.116. The number of hydrogen-bond acceptors (Lipinski definition) is 8. The van der Waals surface area contributed by atoms with Gasteiger partial charge in [-0.1, -0.05) is 25.8 Å². The average molecular weight is 635 g/mol. The Balaban J connectivity index is 1.20. The SMILES string of the molecule is CCC(C)(C)N(CC(O)N1CCc2nc(Nc3ncc(F)c(-c4cc(F)c5nc(C)n(C6CCCC6)c5c4)n3)ccc2C1)C(=O)O. The summed E-state index contributed by atoms with van der Waals surface area (Å²) in [4.78, 5) is 32.7. The van der Waals surface area contributed by atoms with E-state index in [2.05, 4.69) is 24.8 Å². The molecule has 3 aromatic heterocycles. The molecule has 11 nitrogen and oxygen atoms in total. The van der Waals surface area contributed by atoms with Gasteiger partial charge in [-0.2, -0.15) is 0 Å². The molecule has 1 atom stereocenters. The zero-order valence-electron chi connectivity index (χ0n) is 26.6. The van der Waals surface area contributed by atoms with Crippen molar-refractivity contribution in [3.63, 3.8) is 0 Å². The third-order valence-corrected chi connectivity index (χ3v) is 9.54. The number of carboxylic acid groups (broad SMARTS) is 1. The van der Waals surface area contributed by atoms with Crippen molar-refractivity contribution in [2.75, 3.05) is 18.4 Å². The minimum Gasteiger partial charge on any atom is -0.465 e. The zero-order chi connectivity index (χ0) is 32.7. The second-order valence-electron chi connectivity index (χ2n) is 12.9. The number of aryl methyl sites for hydroxylation is 1. The molecule has 1 amide bonds. The van der Waals surface area contributed by atoms with Gasteiger partial charge in [0.1, 0.15) is 29.1 Å². The number of amides is 1. The van der Waals surface area contributed by atoms with Crippen molar-refractivity contribution in [1.82, 2.24) is 34.3 Å². The lowest BCUT2D eigenvalue weighted by atomic mass is 9.99. The molecule has 1 aromatic carbocycles. The van der Waals surface area contributed by atoms with Crippen LogP contribution in [0.15, 0.2) is 30.5 Å². The molecule has 0 saturated heterocycles. The minimum atomic E-state index is -1.07. The Labute approximate surface area is 266 Å². The first kappa shape index (κ1) is 31.7. The highest BCUT2D eigenvalue weighted by molar-refractivity contribution is 5.83. The number of imidazole rings is 1. The van der Waals surface area contributed by atoms with E-state index in [0.717, 1.165) is 49.0 Å². The fourth-order valence-corrected chi connectivity index (χ4v) is 6.59. The van der Waals surface area contributed by atoms with Gasteiger partial charge in [0.2, 0.25) is 5.95 Å². The molecular formula is C33H40F2N8O3. The topological polar surface area (TPSA) is 133 Å². The molecule has 1 saturated carbocycles. The number of aliphatic hydroxyl groups is 1. The Morgan fingerprint density at radius 2 is 1.91 bits per heavy atom. The number of nitrogens with one attached hydrogen (secondary N) is 1. The van der Waals surface area contributed by atoms with Crippen molar-refractivity contribution in [3.8, 4) is 11.3 Å². The molecule has 1 aliphatic heterocycles. The molecule has 1 aliphatic carbocycles. The van der Waals surface area contributed by atoms with E-state index in [1.165, 1.54) is 11.0 Å². The summed E-state index contributed by atoms with van der Waals surface area (Å²) in [5.41, 5.74) is 2.30. The smallest absolute Gasteiger partial charge is 0.407 e. The van der Waals surface area contributed by atoms with Crippen LogP contribution in [0.5, 0.6) is 0 Å². The second kappa shape index (κ2) is 12.5. The molecular weight excluding hydrogens is 594 g/mol. The summed E-state index contributed by atoms with van der Waals surface area (Å²) >= 11 is 0. The van der Waals surface area contributed by atoms with E-state index in [1.54, 1.807) is 12.1 Å². The molecule has 4 aromatic rings. The Morgan fingerprint density at radius 3 is 2.63 bits per heavy atom. The normalized spacial score (nSPS) is 16.5. The van der Waals surface area contributed by atoms with Crippen molar-refractivity contribution < 1.29 is 23.8 Å². The van der Waals surface area contributed by atoms with Crippen LogP contribution in [0.1, 0.15) is 76.0 Å². The van der Waals surface area contributed by atoms with Crippen LogP contribution < -0.4 is 5.32 Å². The average Bonchev–Trinajstić information content (AvgIpc) is 3.67. The number of pyridine rings is 1. The van der Waals surface area contributed by atoms with Crippen molar-refractivity contribution >= 4 is 28.9 Å². The molecule has 13 heteroatoms. The quantitative estimate of drug-likeness (QED) is 0.197. The lowest BCUT2D eigenvalue weighted by Crippen LogP contribution is -2.54. The Kier molecular flexibility index (Phi) is 8.64. The van der Waals surface area contributed by atoms with Crippen LogP contribution in [0, 0.1) is 18.6 Å². The predicted octanol–water partition coefficient (Wildman–Crippen LogP) is 6.18. The van der Waals surface area contributed by atoms with Gasteiger partial charge in [0, 0.05) is 42.3 Å². The number of fused-ring (bicyclic) bond motifs is 2. The van der Waals surface area contributed by atoms with Crippen molar-refractivity contribution in [2.45, 2.75) is 90.6 Å². The Morgan fingerprint density at radius 1 is 1.15 bits per heavy atom. The third-order valence-electron chi connectivity index (χ3n) is 9.54. The van der Waals surface area contributed by atoms with Gasteiger partial charge in [-0.05, 0) is 63.8 Å². The number of nitrogens with zero attached hydrogens (tertiary/aromatic N) is 7. The molecule has 1 unspecified atom stereocenters. The first-order chi connectivity index (χ1) is 21.9. The van der Waals surface area contributed by atoms with Crippen LogP contribution >= 0.6 is 0 Å². The Hall–Kier alpha value is -4.23. The van der Waals surface area contributed by atoms with E-state index in [0.29, 0.717) is 42.8 Å². The number of benzene rings is 1. The van der Waals surface area contributed by atoms with Gasteiger partial charge in [-0.15, -0.1) is 0 Å². The summed E-state index contributed by atoms with van der Waals surface area (Å²) < 4.78 is 32.4. The summed E-state index contributed by atoms with van der Waals surface area (Å²) in [6.45, 7) is 8.35.